The minimum absolute atomic E-state index is 0.0167. The molecule has 0 spiro atoms. The van der Waals surface area contributed by atoms with Crippen molar-refractivity contribution in [1.82, 2.24) is 4.57 Å². The number of nitro groups is 1. The minimum atomic E-state index is -4.40. The van der Waals surface area contributed by atoms with E-state index < -0.39 is 17.6 Å². The maximum Gasteiger partial charge on any atom is 0.406 e. The van der Waals surface area contributed by atoms with Gasteiger partial charge in [-0.3, -0.25) is 10.1 Å². The van der Waals surface area contributed by atoms with E-state index in [0.717, 1.165) is 4.57 Å². The molecule has 0 aliphatic heterocycles. The van der Waals surface area contributed by atoms with E-state index in [-0.39, 0.29) is 26.0 Å². The van der Waals surface area contributed by atoms with Crippen LogP contribution in [0.4, 0.5) is 18.9 Å². The Labute approximate surface area is 124 Å². The molecule has 0 N–H and O–H groups in total. The molecule has 0 fully saturated rings. The summed E-state index contributed by atoms with van der Waals surface area (Å²) in [6.07, 6.45) is -4.40. The fourth-order valence-electron chi connectivity index (χ4n) is 1.96. The highest BCUT2D eigenvalue weighted by Crippen LogP contribution is 2.38. The number of aromatic nitrogens is 1. The van der Waals surface area contributed by atoms with Gasteiger partial charge in [0, 0.05) is 0 Å². The van der Waals surface area contributed by atoms with Crippen LogP contribution in [0.3, 0.4) is 0 Å². The first-order valence-electron chi connectivity index (χ1n) is 5.31. The molecule has 0 saturated carbocycles. The van der Waals surface area contributed by atoms with Gasteiger partial charge in [0.25, 0.3) is 0 Å². The van der Waals surface area contributed by atoms with E-state index in [1.807, 2.05) is 0 Å². The molecule has 0 radical (unpaired) electrons. The van der Waals surface area contributed by atoms with E-state index in [0.29, 0.717) is 0 Å². The van der Waals surface area contributed by atoms with Gasteiger partial charge in [0.15, 0.2) is 5.75 Å². The highest BCUT2D eigenvalue weighted by molar-refractivity contribution is 14.1. The number of methoxy groups -OCH3 is 1. The third-order valence-corrected chi connectivity index (χ3v) is 3.60. The van der Waals surface area contributed by atoms with Crippen LogP contribution >= 0.6 is 22.6 Å². The molecule has 5 nitrogen and oxygen atoms in total. The predicted molar refractivity (Wildman–Crippen MR) is 73.9 cm³/mol. The molecule has 108 valence electrons. The zero-order valence-corrected chi connectivity index (χ0v) is 12.2. The lowest BCUT2D eigenvalue weighted by atomic mass is 10.2. The monoisotopic (exact) mass is 400 g/mol. The fourth-order valence-corrected chi connectivity index (χ4v) is 2.70. The van der Waals surface area contributed by atoms with E-state index in [2.05, 4.69) is 0 Å². The number of ether oxygens (including phenoxy) is 1. The Bertz CT molecular complexity index is 682. The van der Waals surface area contributed by atoms with Gasteiger partial charge in [0.2, 0.25) is 0 Å². The summed E-state index contributed by atoms with van der Waals surface area (Å²) in [5, 5.41) is 11.2. The lowest BCUT2D eigenvalue weighted by Crippen LogP contribution is -2.18. The Morgan fingerprint density at radius 1 is 1.45 bits per heavy atom. The van der Waals surface area contributed by atoms with Gasteiger partial charge in [-0.05, 0) is 40.8 Å². The Kier molecular flexibility index (Phi) is 3.80. The fraction of sp³-hybridized carbons (Fsp3) is 0.273. The van der Waals surface area contributed by atoms with Gasteiger partial charge >= 0.3 is 11.9 Å². The van der Waals surface area contributed by atoms with Crippen molar-refractivity contribution < 1.29 is 22.8 Å². The first kappa shape index (κ1) is 14.9. The first-order chi connectivity index (χ1) is 9.24. The van der Waals surface area contributed by atoms with Crippen LogP contribution in [0.25, 0.3) is 10.9 Å². The van der Waals surface area contributed by atoms with Gasteiger partial charge in [-0.2, -0.15) is 13.2 Å². The third-order valence-electron chi connectivity index (χ3n) is 2.71. The van der Waals surface area contributed by atoms with Gasteiger partial charge in [-0.25, -0.2) is 0 Å². The van der Waals surface area contributed by atoms with Crippen molar-refractivity contribution in [1.29, 1.82) is 0 Å². The molecule has 20 heavy (non-hydrogen) atoms. The van der Waals surface area contributed by atoms with Crippen LogP contribution in [0.15, 0.2) is 18.2 Å². The van der Waals surface area contributed by atoms with Gasteiger partial charge in [-0.15, -0.1) is 0 Å². The molecule has 0 unspecified atom stereocenters. The van der Waals surface area contributed by atoms with Crippen molar-refractivity contribution in [2.24, 2.45) is 0 Å². The highest BCUT2D eigenvalue weighted by atomic mass is 127. The van der Waals surface area contributed by atoms with Crippen molar-refractivity contribution in [3.63, 3.8) is 0 Å². The second kappa shape index (κ2) is 5.11. The molecule has 1 heterocycles. The molecule has 0 saturated heterocycles. The van der Waals surface area contributed by atoms with Gasteiger partial charge < -0.3 is 9.30 Å². The zero-order chi connectivity index (χ0) is 15.1. The Balaban J connectivity index is 2.73. The standard InChI is InChI=1S/C11H8F3IN2O3/c1-20-8-3-2-7-6(10(8)17(18)19)4-9(15)16(7)5-11(12,13)14/h2-4H,5H2,1H3. The number of nitro benzene ring substituents is 1. The number of benzene rings is 1. The zero-order valence-electron chi connectivity index (χ0n) is 10.1. The first-order valence-corrected chi connectivity index (χ1v) is 6.39. The van der Waals surface area contributed by atoms with Crippen LogP contribution in [-0.4, -0.2) is 22.8 Å². The Morgan fingerprint density at radius 3 is 2.60 bits per heavy atom. The maximum absolute atomic E-state index is 12.5. The normalized spacial score (nSPS) is 11.8. The summed E-state index contributed by atoms with van der Waals surface area (Å²) < 4.78 is 43.8. The molecular weight excluding hydrogens is 392 g/mol. The van der Waals surface area contributed by atoms with E-state index >= 15 is 0 Å². The summed E-state index contributed by atoms with van der Waals surface area (Å²) in [5.41, 5.74) is -0.178. The van der Waals surface area contributed by atoms with Crippen LogP contribution in [0.5, 0.6) is 5.75 Å². The highest BCUT2D eigenvalue weighted by Gasteiger charge is 2.31. The van der Waals surface area contributed by atoms with Crippen molar-refractivity contribution in [3.05, 3.63) is 32.0 Å². The summed E-state index contributed by atoms with van der Waals surface area (Å²) in [7, 11) is 1.27. The van der Waals surface area contributed by atoms with E-state index in [9.17, 15) is 23.3 Å². The predicted octanol–water partition coefficient (Wildman–Crippen LogP) is 3.73. The number of fused-ring (bicyclic) bond motifs is 1. The van der Waals surface area contributed by atoms with Crippen LogP contribution in [0, 0.1) is 13.8 Å². The second-order valence-electron chi connectivity index (χ2n) is 3.97. The topological polar surface area (TPSA) is 57.3 Å². The summed E-state index contributed by atoms with van der Waals surface area (Å²) in [6.45, 7) is -1.20. The summed E-state index contributed by atoms with van der Waals surface area (Å²) in [6, 6.07) is 4.03. The molecule has 0 atom stereocenters. The maximum atomic E-state index is 12.5. The molecule has 0 bridgehead atoms. The molecule has 2 rings (SSSR count). The number of nitrogens with zero attached hydrogens (tertiary/aromatic N) is 2. The average molecular weight is 400 g/mol. The molecule has 1 aromatic carbocycles. The van der Waals surface area contributed by atoms with Gasteiger partial charge in [-0.1, -0.05) is 0 Å². The third kappa shape index (κ3) is 2.67. The number of alkyl halides is 3. The van der Waals surface area contributed by atoms with E-state index in [1.165, 1.54) is 25.3 Å². The number of halogens is 4. The Hall–Kier alpha value is -1.52. The van der Waals surface area contributed by atoms with Crippen LogP contribution in [-0.2, 0) is 6.54 Å². The van der Waals surface area contributed by atoms with Crippen molar-refractivity contribution in [2.75, 3.05) is 7.11 Å². The summed E-state index contributed by atoms with van der Waals surface area (Å²) >= 11 is 1.72. The largest absolute Gasteiger partial charge is 0.490 e. The smallest absolute Gasteiger partial charge is 0.406 e. The molecule has 9 heteroatoms. The second-order valence-corrected chi connectivity index (χ2v) is 5.08. The number of rotatable bonds is 3. The summed E-state index contributed by atoms with van der Waals surface area (Å²) in [4.78, 5) is 10.4. The minimum Gasteiger partial charge on any atom is -0.490 e. The van der Waals surface area contributed by atoms with Crippen LogP contribution < -0.4 is 4.74 Å². The van der Waals surface area contributed by atoms with Crippen molar-refractivity contribution in [2.45, 2.75) is 12.7 Å². The number of hydrogen-bond acceptors (Lipinski definition) is 3. The lowest BCUT2D eigenvalue weighted by molar-refractivity contribution is -0.383. The van der Waals surface area contributed by atoms with E-state index in [1.54, 1.807) is 22.6 Å². The van der Waals surface area contributed by atoms with E-state index in [4.69, 9.17) is 4.74 Å². The SMILES string of the molecule is COc1ccc2c(cc(I)n2CC(F)(F)F)c1[N+](=O)[O-]. The van der Waals surface area contributed by atoms with Gasteiger partial charge in [0.05, 0.1) is 26.6 Å². The summed E-state index contributed by atoms with van der Waals surface area (Å²) in [5.74, 6) is 0.0167. The number of hydrogen-bond donors (Lipinski definition) is 0. The molecule has 0 aliphatic carbocycles. The van der Waals surface area contributed by atoms with Crippen molar-refractivity contribution >= 4 is 39.2 Å². The van der Waals surface area contributed by atoms with Crippen molar-refractivity contribution in [3.8, 4) is 5.75 Å². The lowest BCUT2D eigenvalue weighted by Gasteiger charge is -2.11. The molecule has 0 amide bonds. The van der Waals surface area contributed by atoms with Crippen LogP contribution in [0.1, 0.15) is 0 Å². The Morgan fingerprint density at radius 2 is 2.10 bits per heavy atom. The quantitative estimate of drug-likeness (QED) is 0.449. The molecule has 1 aromatic heterocycles. The molecule has 0 aliphatic rings. The van der Waals surface area contributed by atoms with Gasteiger partial charge in [0.1, 0.15) is 6.54 Å². The molecular formula is C11H8F3IN2O3. The van der Waals surface area contributed by atoms with Crippen LogP contribution in [0.2, 0.25) is 0 Å². The molecule has 2 aromatic rings. The average Bonchev–Trinajstić information content (AvgIpc) is 2.62.